The Morgan fingerprint density at radius 1 is 1.27 bits per heavy atom. The molecule has 5 heterocycles. The number of fused-ring (bicyclic) bond motifs is 2. The molecule has 0 spiro atoms. The minimum absolute atomic E-state index is 0.000813. The van der Waals surface area contributed by atoms with Crippen molar-refractivity contribution in [1.29, 1.82) is 0 Å². The van der Waals surface area contributed by atoms with Crippen molar-refractivity contribution in [2.45, 2.75) is 12.7 Å². The first-order valence-electron chi connectivity index (χ1n) is 10.2. The highest BCUT2D eigenvalue weighted by molar-refractivity contribution is 7.51. The monoisotopic (exact) mass is 424 g/mol. The molecule has 2 aromatic heterocycles. The summed E-state index contributed by atoms with van der Waals surface area (Å²) in [5.74, 6) is 0.0440. The number of rotatable bonds is 4. The third kappa shape index (κ3) is 3.67. The first-order chi connectivity index (χ1) is 14.6. The molecule has 0 radical (unpaired) electrons. The van der Waals surface area contributed by atoms with Gasteiger partial charge in [0.15, 0.2) is 0 Å². The summed E-state index contributed by atoms with van der Waals surface area (Å²) in [7, 11) is 0.446. The lowest BCUT2D eigenvalue weighted by atomic mass is 10.2. The Morgan fingerprint density at radius 2 is 2.10 bits per heavy atom. The molecule has 0 aliphatic carbocycles. The molecule has 0 saturated carbocycles. The smallest absolute Gasteiger partial charge is 0.252 e. The molecule has 8 nitrogen and oxygen atoms in total. The van der Waals surface area contributed by atoms with Gasteiger partial charge < -0.3 is 14.9 Å². The molecule has 0 bridgehead atoms. The standard InChI is InChI=1S/C21H25N6O2P/c1-15-13-27-17(12-22-15)10-18(23-27)19-11-20(29)26-14-16(2-3-21(26)30-19)25-6-4-24(5-7-25)8-9-28/h2-3,10-14,21,28,30H,4-9H2,1H3. The summed E-state index contributed by atoms with van der Waals surface area (Å²) in [6.07, 6.45) is 11.7. The van der Waals surface area contributed by atoms with Crippen molar-refractivity contribution in [2.75, 3.05) is 39.3 Å². The zero-order valence-corrected chi connectivity index (χ0v) is 17.9. The molecule has 2 unspecified atom stereocenters. The van der Waals surface area contributed by atoms with Gasteiger partial charge in [0.25, 0.3) is 5.91 Å². The Kier molecular flexibility index (Phi) is 5.15. The van der Waals surface area contributed by atoms with E-state index < -0.39 is 0 Å². The number of amides is 1. The van der Waals surface area contributed by atoms with Gasteiger partial charge in [-0.2, -0.15) is 5.10 Å². The number of nitrogens with zero attached hydrogens (tertiary/aromatic N) is 6. The van der Waals surface area contributed by atoms with Crippen LogP contribution in [-0.2, 0) is 4.79 Å². The molecule has 9 heteroatoms. The van der Waals surface area contributed by atoms with Crippen LogP contribution in [0.5, 0.6) is 0 Å². The summed E-state index contributed by atoms with van der Waals surface area (Å²) in [6, 6.07) is 1.99. The molecule has 3 aliphatic rings. The molecule has 1 saturated heterocycles. The quantitative estimate of drug-likeness (QED) is 0.745. The lowest BCUT2D eigenvalue weighted by Crippen LogP contribution is -2.47. The van der Waals surface area contributed by atoms with Gasteiger partial charge >= 0.3 is 0 Å². The van der Waals surface area contributed by atoms with Crippen LogP contribution in [-0.4, -0.2) is 85.4 Å². The van der Waals surface area contributed by atoms with Crippen molar-refractivity contribution in [2.24, 2.45) is 0 Å². The van der Waals surface area contributed by atoms with E-state index in [2.05, 4.69) is 32.0 Å². The maximum absolute atomic E-state index is 12.9. The van der Waals surface area contributed by atoms with Crippen molar-refractivity contribution in [3.63, 3.8) is 0 Å². The van der Waals surface area contributed by atoms with E-state index in [0.29, 0.717) is 8.58 Å². The molecule has 5 rings (SSSR count). The van der Waals surface area contributed by atoms with Gasteiger partial charge in [-0.1, -0.05) is 14.7 Å². The van der Waals surface area contributed by atoms with Gasteiger partial charge in [-0.3, -0.25) is 14.7 Å². The normalized spacial score (nSPS) is 23.1. The second-order valence-corrected chi connectivity index (χ2v) is 9.20. The average Bonchev–Trinajstić information content (AvgIpc) is 3.17. The van der Waals surface area contributed by atoms with E-state index in [4.69, 9.17) is 5.11 Å². The molecule has 3 aliphatic heterocycles. The fourth-order valence-corrected chi connectivity index (χ4v) is 5.42. The van der Waals surface area contributed by atoms with E-state index in [1.165, 1.54) is 0 Å². The highest BCUT2D eigenvalue weighted by atomic mass is 31.1. The largest absolute Gasteiger partial charge is 0.395 e. The maximum atomic E-state index is 12.9. The molecule has 1 fully saturated rings. The number of carbonyl (C=O) groups is 1. The number of piperazine rings is 1. The Bertz CT molecular complexity index is 1070. The average molecular weight is 424 g/mol. The third-order valence-electron chi connectivity index (χ3n) is 5.75. The molecular formula is C21H25N6O2P. The summed E-state index contributed by atoms with van der Waals surface area (Å²) in [5.41, 5.74) is 3.76. The number of carbonyl (C=O) groups excluding carboxylic acids is 1. The fraction of sp³-hybridized carbons (Fsp3) is 0.381. The molecule has 1 N–H and O–H groups in total. The SMILES string of the molecule is Cc1cn2nc(C3=CC(=O)N4C=C(N5CCN(CCO)CC5)C=CC4P3)cc2cn1. The summed E-state index contributed by atoms with van der Waals surface area (Å²) >= 11 is 0. The predicted octanol–water partition coefficient (Wildman–Crippen LogP) is 1.25. The summed E-state index contributed by atoms with van der Waals surface area (Å²) in [5, 5.41) is 14.8. The van der Waals surface area contributed by atoms with Gasteiger partial charge in [-0.05, 0) is 19.1 Å². The van der Waals surface area contributed by atoms with Gasteiger partial charge in [0.05, 0.1) is 47.4 Å². The van der Waals surface area contributed by atoms with E-state index in [1.54, 1.807) is 6.08 Å². The molecule has 2 aromatic rings. The predicted molar refractivity (Wildman–Crippen MR) is 117 cm³/mol. The van der Waals surface area contributed by atoms with Crippen LogP contribution in [0.4, 0.5) is 0 Å². The number of aliphatic hydroxyl groups is 1. The number of allylic oxidation sites excluding steroid dienone is 1. The van der Waals surface area contributed by atoms with Gasteiger partial charge in [0, 0.05) is 50.3 Å². The zero-order chi connectivity index (χ0) is 20.7. The van der Waals surface area contributed by atoms with E-state index in [-0.39, 0.29) is 18.3 Å². The molecule has 1 amide bonds. The Morgan fingerprint density at radius 3 is 2.90 bits per heavy atom. The number of aromatic nitrogens is 3. The Labute approximate surface area is 176 Å². The van der Waals surface area contributed by atoms with Crippen molar-refractivity contribution < 1.29 is 9.90 Å². The van der Waals surface area contributed by atoms with E-state index in [0.717, 1.165) is 60.6 Å². The number of hydrogen-bond acceptors (Lipinski definition) is 6. The second-order valence-electron chi connectivity index (χ2n) is 7.79. The first-order valence-corrected chi connectivity index (χ1v) is 11.3. The van der Waals surface area contributed by atoms with Crippen LogP contribution in [0, 0.1) is 6.92 Å². The lowest BCUT2D eigenvalue weighted by Gasteiger charge is -2.39. The van der Waals surface area contributed by atoms with E-state index in [9.17, 15) is 4.79 Å². The Hall–Kier alpha value is -2.54. The topological polar surface area (TPSA) is 77.2 Å². The number of hydrogen-bond donors (Lipinski definition) is 1. The number of aryl methyl sites for hydroxylation is 1. The van der Waals surface area contributed by atoms with Crippen LogP contribution in [0.3, 0.4) is 0 Å². The molecule has 156 valence electrons. The van der Waals surface area contributed by atoms with Crippen molar-refractivity contribution >= 4 is 25.3 Å². The zero-order valence-electron chi connectivity index (χ0n) is 16.9. The lowest BCUT2D eigenvalue weighted by molar-refractivity contribution is -0.123. The summed E-state index contributed by atoms with van der Waals surface area (Å²) in [4.78, 5) is 23.7. The molecule has 0 aromatic carbocycles. The van der Waals surface area contributed by atoms with Crippen LogP contribution in [0.1, 0.15) is 11.4 Å². The van der Waals surface area contributed by atoms with Crippen molar-refractivity contribution in [3.05, 3.63) is 60.0 Å². The van der Waals surface area contributed by atoms with Crippen molar-refractivity contribution in [3.8, 4) is 0 Å². The van der Waals surface area contributed by atoms with Crippen LogP contribution >= 0.6 is 8.58 Å². The van der Waals surface area contributed by atoms with E-state index in [1.807, 2.05) is 41.0 Å². The first kappa shape index (κ1) is 19.4. The number of β-amino-alcohol motifs (C(OH)–C–C–N with tert-alkyl or cyclic N) is 1. The van der Waals surface area contributed by atoms with E-state index >= 15 is 0 Å². The minimum Gasteiger partial charge on any atom is -0.395 e. The van der Waals surface area contributed by atoms with Crippen molar-refractivity contribution in [1.82, 2.24) is 29.3 Å². The fourth-order valence-electron chi connectivity index (χ4n) is 4.09. The molecule has 2 atom stereocenters. The van der Waals surface area contributed by atoms with Crippen LogP contribution < -0.4 is 0 Å². The van der Waals surface area contributed by atoms with Gasteiger partial charge in [0.1, 0.15) is 0 Å². The second kappa shape index (κ2) is 7.95. The van der Waals surface area contributed by atoms with Crippen LogP contribution in [0.25, 0.3) is 10.8 Å². The summed E-state index contributed by atoms with van der Waals surface area (Å²) < 4.78 is 1.82. The third-order valence-corrected chi connectivity index (χ3v) is 7.23. The molecule has 30 heavy (non-hydrogen) atoms. The van der Waals surface area contributed by atoms with Gasteiger partial charge in [0.2, 0.25) is 0 Å². The molecular weight excluding hydrogens is 399 g/mol. The van der Waals surface area contributed by atoms with Crippen LogP contribution in [0.2, 0.25) is 0 Å². The summed E-state index contributed by atoms with van der Waals surface area (Å²) in [6.45, 7) is 6.52. The van der Waals surface area contributed by atoms with Crippen LogP contribution in [0.15, 0.2) is 48.6 Å². The number of aliphatic hydroxyl groups excluding tert-OH is 1. The minimum atomic E-state index is 0.000813. The Balaban J connectivity index is 1.33. The van der Waals surface area contributed by atoms with Gasteiger partial charge in [-0.15, -0.1) is 0 Å². The highest BCUT2D eigenvalue weighted by Gasteiger charge is 2.30. The van der Waals surface area contributed by atoms with Gasteiger partial charge in [-0.25, -0.2) is 4.52 Å². The highest BCUT2D eigenvalue weighted by Crippen LogP contribution is 2.44. The maximum Gasteiger partial charge on any atom is 0.252 e.